The second-order valence-electron chi connectivity index (χ2n) is 6.48. The van der Waals surface area contributed by atoms with Crippen LogP contribution in [0.4, 0.5) is 0 Å². The average molecular weight is 365 g/mol. The number of hydrogen-bond acceptors (Lipinski definition) is 4. The summed E-state index contributed by atoms with van der Waals surface area (Å²) >= 11 is 0. The second-order valence-corrected chi connectivity index (χ2v) is 6.48. The van der Waals surface area contributed by atoms with Crippen LogP contribution < -0.4 is 14.2 Å². The highest BCUT2D eigenvalue weighted by atomic mass is 16.5. The molecule has 0 bridgehead atoms. The van der Waals surface area contributed by atoms with E-state index in [0.29, 0.717) is 0 Å². The summed E-state index contributed by atoms with van der Waals surface area (Å²) in [5.74, 6) is 2.56. The predicted molar refractivity (Wildman–Crippen MR) is 111 cm³/mol. The standard InChI is InChI=1S/C23H27NO3/c1-4-5-14-27-20-7-9-21-17(15-20)12-13-24-22(21)10-6-18-16-19(25-2)8-11-23(18)26-3/h6-11,15-16H,4-5,12-14H2,1-3H3/b10-6+. The number of hydrogen-bond donors (Lipinski definition) is 0. The van der Waals surface area contributed by atoms with E-state index in [-0.39, 0.29) is 0 Å². The normalized spacial score (nSPS) is 13.2. The molecule has 0 atom stereocenters. The molecule has 1 aliphatic heterocycles. The fraction of sp³-hybridized carbons (Fsp3) is 0.348. The summed E-state index contributed by atoms with van der Waals surface area (Å²) in [5, 5.41) is 0. The third-order valence-electron chi connectivity index (χ3n) is 4.64. The van der Waals surface area contributed by atoms with Gasteiger partial charge in [-0.3, -0.25) is 4.99 Å². The number of rotatable bonds is 8. The van der Waals surface area contributed by atoms with Crippen LogP contribution >= 0.6 is 0 Å². The Balaban J connectivity index is 1.81. The van der Waals surface area contributed by atoms with Gasteiger partial charge in [-0.15, -0.1) is 0 Å². The van der Waals surface area contributed by atoms with Crippen molar-refractivity contribution in [1.29, 1.82) is 0 Å². The van der Waals surface area contributed by atoms with Gasteiger partial charge in [-0.1, -0.05) is 13.3 Å². The highest BCUT2D eigenvalue weighted by Gasteiger charge is 2.13. The molecule has 0 spiro atoms. The van der Waals surface area contributed by atoms with Gasteiger partial charge in [-0.05, 0) is 67.0 Å². The van der Waals surface area contributed by atoms with E-state index in [1.54, 1.807) is 14.2 Å². The molecular weight excluding hydrogens is 338 g/mol. The number of unbranched alkanes of at least 4 members (excludes halogenated alkanes) is 1. The first-order chi connectivity index (χ1) is 13.2. The van der Waals surface area contributed by atoms with Crippen molar-refractivity contribution >= 4 is 11.8 Å². The zero-order valence-electron chi connectivity index (χ0n) is 16.3. The van der Waals surface area contributed by atoms with Crippen molar-refractivity contribution in [2.24, 2.45) is 4.99 Å². The molecule has 0 unspecified atom stereocenters. The molecule has 3 rings (SSSR count). The summed E-state index contributed by atoms with van der Waals surface area (Å²) in [6.07, 6.45) is 7.24. The Kier molecular flexibility index (Phi) is 6.53. The summed E-state index contributed by atoms with van der Waals surface area (Å²) in [6.45, 7) is 3.73. The Morgan fingerprint density at radius 3 is 2.63 bits per heavy atom. The van der Waals surface area contributed by atoms with Crippen molar-refractivity contribution in [3.05, 3.63) is 59.2 Å². The first-order valence-electron chi connectivity index (χ1n) is 9.45. The molecule has 0 saturated carbocycles. The van der Waals surface area contributed by atoms with Crippen molar-refractivity contribution in [3.8, 4) is 17.2 Å². The van der Waals surface area contributed by atoms with E-state index in [1.807, 2.05) is 36.4 Å². The van der Waals surface area contributed by atoms with E-state index >= 15 is 0 Å². The van der Waals surface area contributed by atoms with E-state index < -0.39 is 0 Å². The number of ether oxygens (including phenoxy) is 3. The summed E-state index contributed by atoms with van der Waals surface area (Å²) in [4.78, 5) is 4.71. The minimum Gasteiger partial charge on any atom is -0.497 e. The van der Waals surface area contributed by atoms with Crippen molar-refractivity contribution in [1.82, 2.24) is 0 Å². The summed E-state index contributed by atoms with van der Waals surface area (Å²) < 4.78 is 16.6. The first-order valence-corrected chi connectivity index (χ1v) is 9.45. The molecule has 0 saturated heterocycles. The Bertz CT molecular complexity index is 840. The van der Waals surface area contributed by atoms with Crippen molar-refractivity contribution in [3.63, 3.8) is 0 Å². The molecule has 0 N–H and O–H groups in total. The number of benzene rings is 2. The van der Waals surface area contributed by atoms with E-state index in [1.165, 1.54) is 11.1 Å². The first kappa shape index (κ1) is 19.0. The van der Waals surface area contributed by atoms with E-state index in [9.17, 15) is 0 Å². The largest absolute Gasteiger partial charge is 0.497 e. The van der Waals surface area contributed by atoms with Crippen LogP contribution in [0, 0.1) is 0 Å². The Morgan fingerprint density at radius 2 is 1.85 bits per heavy atom. The van der Waals surface area contributed by atoms with Crippen LogP contribution in [0.5, 0.6) is 17.2 Å². The third kappa shape index (κ3) is 4.70. The number of nitrogens with zero attached hydrogens (tertiary/aromatic N) is 1. The molecule has 0 aromatic heterocycles. The maximum Gasteiger partial charge on any atom is 0.126 e. The molecule has 0 amide bonds. The molecule has 2 aromatic rings. The van der Waals surface area contributed by atoms with Gasteiger partial charge >= 0.3 is 0 Å². The van der Waals surface area contributed by atoms with Crippen LogP contribution in [0.25, 0.3) is 6.08 Å². The molecule has 1 heterocycles. The minimum absolute atomic E-state index is 0.770. The lowest BCUT2D eigenvalue weighted by molar-refractivity contribution is 0.309. The fourth-order valence-electron chi connectivity index (χ4n) is 3.11. The maximum absolute atomic E-state index is 5.84. The van der Waals surface area contributed by atoms with Gasteiger partial charge in [0, 0.05) is 17.7 Å². The topological polar surface area (TPSA) is 40.0 Å². The number of allylic oxidation sites excluding steroid dienone is 1. The number of aliphatic imine (C=N–C) groups is 1. The smallest absolute Gasteiger partial charge is 0.126 e. The summed E-state index contributed by atoms with van der Waals surface area (Å²) in [5.41, 5.74) is 4.41. The lowest BCUT2D eigenvalue weighted by atomic mass is 9.96. The Morgan fingerprint density at radius 1 is 1.00 bits per heavy atom. The minimum atomic E-state index is 0.770. The molecule has 4 heteroatoms. The van der Waals surface area contributed by atoms with Crippen LogP contribution in [0.3, 0.4) is 0 Å². The predicted octanol–water partition coefficient (Wildman–Crippen LogP) is 4.94. The lowest BCUT2D eigenvalue weighted by Crippen LogP contribution is -2.11. The SMILES string of the molecule is CCCCOc1ccc2c(c1)CCN=C2/C=C/c1cc(OC)ccc1OC. The van der Waals surface area contributed by atoms with Gasteiger partial charge in [0.15, 0.2) is 0 Å². The van der Waals surface area contributed by atoms with E-state index in [2.05, 4.69) is 19.1 Å². The van der Waals surface area contributed by atoms with Gasteiger partial charge in [0.25, 0.3) is 0 Å². The zero-order valence-corrected chi connectivity index (χ0v) is 16.3. The summed E-state index contributed by atoms with van der Waals surface area (Å²) in [6, 6.07) is 12.1. The van der Waals surface area contributed by atoms with Gasteiger partial charge in [0.05, 0.1) is 26.5 Å². The fourth-order valence-corrected chi connectivity index (χ4v) is 3.11. The summed E-state index contributed by atoms with van der Waals surface area (Å²) in [7, 11) is 3.34. The molecule has 4 nitrogen and oxygen atoms in total. The molecule has 2 aromatic carbocycles. The van der Waals surface area contributed by atoms with Gasteiger partial charge in [0.2, 0.25) is 0 Å². The monoisotopic (exact) mass is 365 g/mol. The van der Waals surface area contributed by atoms with Gasteiger partial charge < -0.3 is 14.2 Å². The molecular formula is C23H27NO3. The maximum atomic E-state index is 5.84. The van der Waals surface area contributed by atoms with Crippen molar-refractivity contribution in [2.75, 3.05) is 27.4 Å². The molecule has 0 radical (unpaired) electrons. The third-order valence-corrected chi connectivity index (χ3v) is 4.64. The van der Waals surface area contributed by atoms with E-state index in [0.717, 1.165) is 60.9 Å². The Hall–Kier alpha value is -2.75. The van der Waals surface area contributed by atoms with Crippen molar-refractivity contribution in [2.45, 2.75) is 26.2 Å². The van der Waals surface area contributed by atoms with Crippen LogP contribution in [0.2, 0.25) is 0 Å². The highest BCUT2D eigenvalue weighted by Crippen LogP contribution is 2.27. The second kappa shape index (κ2) is 9.26. The van der Waals surface area contributed by atoms with Gasteiger partial charge in [-0.2, -0.15) is 0 Å². The van der Waals surface area contributed by atoms with Crippen molar-refractivity contribution < 1.29 is 14.2 Å². The lowest BCUT2D eigenvalue weighted by Gasteiger charge is -2.16. The van der Waals surface area contributed by atoms with Crippen LogP contribution in [0.1, 0.15) is 36.5 Å². The molecule has 0 aliphatic carbocycles. The van der Waals surface area contributed by atoms with Crippen LogP contribution in [0.15, 0.2) is 47.5 Å². The molecule has 0 fully saturated rings. The molecule has 142 valence electrons. The van der Waals surface area contributed by atoms with Gasteiger partial charge in [-0.25, -0.2) is 0 Å². The number of methoxy groups -OCH3 is 2. The quantitative estimate of drug-likeness (QED) is 0.622. The van der Waals surface area contributed by atoms with Gasteiger partial charge in [0.1, 0.15) is 17.2 Å². The molecule has 1 aliphatic rings. The number of fused-ring (bicyclic) bond motifs is 1. The van der Waals surface area contributed by atoms with Crippen LogP contribution in [-0.4, -0.2) is 33.1 Å². The molecule has 27 heavy (non-hydrogen) atoms. The Labute approximate surface area is 161 Å². The van der Waals surface area contributed by atoms with Crippen LogP contribution in [-0.2, 0) is 6.42 Å². The highest BCUT2D eigenvalue weighted by molar-refractivity contribution is 6.12. The average Bonchev–Trinajstić information content (AvgIpc) is 2.72. The zero-order chi connectivity index (χ0) is 19.1. The van der Waals surface area contributed by atoms with E-state index in [4.69, 9.17) is 19.2 Å².